The molecule has 0 saturated carbocycles. The topological polar surface area (TPSA) is 51.3 Å². The third-order valence-corrected chi connectivity index (χ3v) is 2.63. The predicted molar refractivity (Wildman–Crippen MR) is 66.8 cm³/mol. The van der Waals surface area contributed by atoms with Crippen LogP contribution in [0.25, 0.3) is 0 Å². The van der Waals surface area contributed by atoms with E-state index in [0.717, 1.165) is 4.90 Å². The first kappa shape index (κ1) is 15.4. The van der Waals surface area contributed by atoms with Gasteiger partial charge in [-0.05, 0) is 19.4 Å². The van der Waals surface area contributed by atoms with Crippen LogP contribution in [0.5, 0.6) is 0 Å². The fraction of sp³-hybridized carbons (Fsp3) is 0.583. The molecule has 0 fully saturated rings. The van der Waals surface area contributed by atoms with Crippen LogP contribution in [0.4, 0.5) is 18.9 Å². The lowest BCUT2D eigenvalue weighted by atomic mass is 10.3. The monoisotopic (exact) mass is 277 g/mol. The molecule has 19 heavy (non-hydrogen) atoms. The molecule has 0 aromatic carbocycles. The van der Waals surface area contributed by atoms with Gasteiger partial charge in [0.2, 0.25) is 0 Å². The van der Waals surface area contributed by atoms with Crippen LogP contribution in [0.15, 0.2) is 12.3 Å². The summed E-state index contributed by atoms with van der Waals surface area (Å²) in [5, 5.41) is 0. The summed E-state index contributed by atoms with van der Waals surface area (Å²) in [7, 11) is 0. The van der Waals surface area contributed by atoms with Crippen molar-refractivity contribution < 1.29 is 18.0 Å². The zero-order valence-corrected chi connectivity index (χ0v) is 11.0. The number of carbonyl (C=O) groups is 1. The van der Waals surface area contributed by atoms with Gasteiger partial charge in [0.25, 0.3) is 5.91 Å². The van der Waals surface area contributed by atoms with Crippen molar-refractivity contribution in [2.45, 2.75) is 33.0 Å². The van der Waals surface area contributed by atoms with E-state index in [0.29, 0.717) is 18.7 Å². The number of hydrogen-bond donors (Lipinski definition) is 1. The van der Waals surface area contributed by atoms with Crippen molar-refractivity contribution in [2.24, 2.45) is 0 Å². The van der Waals surface area contributed by atoms with Crippen molar-refractivity contribution in [1.29, 1.82) is 0 Å². The van der Waals surface area contributed by atoms with Gasteiger partial charge in [-0.25, -0.2) is 0 Å². The molecule has 1 amide bonds. The molecule has 0 spiro atoms. The maximum absolute atomic E-state index is 12.5. The third-order valence-electron chi connectivity index (χ3n) is 2.63. The number of alkyl halides is 3. The summed E-state index contributed by atoms with van der Waals surface area (Å²) in [5.74, 6) is -0.641. The number of rotatable bonds is 5. The molecule has 1 rings (SSSR count). The standard InChI is InChI=1S/C12H18F3N3O/c1-3-5-18(8-12(13,14)15)11(19)10-6-9(16)7-17(10)4-2/h6-7H,3-5,8,16H2,1-2H3. The Balaban J connectivity index is 2.98. The van der Waals surface area contributed by atoms with Gasteiger partial charge in [-0.15, -0.1) is 0 Å². The third kappa shape index (κ3) is 4.18. The zero-order valence-electron chi connectivity index (χ0n) is 11.0. The maximum Gasteiger partial charge on any atom is 0.406 e. The van der Waals surface area contributed by atoms with Gasteiger partial charge in [0.15, 0.2) is 0 Å². The Morgan fingerprint density at radius 1 is 1.42 bits per heavy atom. The van der Waals surface area contributed by atoms with Crippen LogP contribution in [0.2, 0.25) is 0 Å². The normalized spacial score (nSPS) is 11.6. The van der Waals surface area contributed by atoms with Gasteiger partial charge >= 0.3 is 6.18 Å². The molecule has 0 unspecified atom stereocenters. The van der Waals surface area contributed by atoms with Gasteiger partial charge in [-0.3, -0.25) is 4.79 Å². The number of nitrogen functional groups attached to an aromatic ring is 1. The van der Waals surface area contributed by atoms with Crippen molar-refractivity contribution >= 4 is 11.6 Å². The SMILES string of the molecule is CCCN(CC(F)(F)F)C(=O)c1cc(N)cn1CC. The van der Waals surface area contributed by atoms with E-state index in [1.807, 2.05) is 0 Å². The number of hydrogen-bond acceptors (Lipinski definition) is 2. The Morgan fingerprint density at radius 3 is 2.53 bits per heavy atom. The Bertz CT molecular complexity index is 440. The predicted octanol–water partition coefficient (Wildman–Crippen LogP) is 2.50. The molecule has 108 valence electrons. The smallest absolute Gasteiger partial charge is 0.397 e. The summed E-state index contributed by atoms with van der Waals surface area (Å²) < 4.78 is 39.0. The number of nitrogens with two attached hydrogens (primary N) is 1. The Kier molecular flexibility index (Phi) is 4.85. The van der Waals surface area contributed by atoms with E-state index >= 15 is 0 Å². The molecule has 0 atom stereocenters. The minimum absolute atomic E-state index is 0.0626. The second-order valence-corrected chi connectivity index (χ2v) is 4.29. The summed E-state index contributed by atoms with van der Waals surface area (Å²) in [6.07, 6.45) is -2.39. The molecule has 0 aliphatic heterocycles. The number of amides is 1. The van der Waals surface area contributed by atoms with E-state index in [4.69, 9.17) is 5.73 Å². The highest BCUT2D eigenvalue weighted by Crippen LogP contribution is 2.20. The van der Waals surface area contributed by atoms with E-state index in [1.54, 1.807) is 24.6 Å². The molecule has 7 heteroatoms. The zero-order chi connectivity index (χ0) is 14.6. The lowest BCUT2D eigenvalue weighted by Crippen LogP contribution is -2.40. The van der Waals surface area contributed by atoms with Crippen LogP contribution in [0, 0.1) is 0 Å². The van der Waals surface area contributed by atoms with Crippen molar-refractivity contribution in [3.8, 4) is 0 Å². The van der Waals surface area contributed by atoms with Crippen molar-refractivity contribution in [2.75, 3.05) is 18.8 Å². The van der Waals surface area contributed by atoms with E-state index in [-0.39, 0.29) is 12.2 Å². The molecule has 2 N–H and O–H groups in total. The molecule has 1 aromatic rings. The second kappa shape index (κ2) is 5.99. The van der Waals surface area contributed by atoms with E-state index < -0.39 is 18.6 Å². The summed E-state index contributed by atoms with van der Waals surface area (Å²) in [5.41, 5.74) is 6.14. The number of halogens is 3. The molecule has 1 heterocycles. The first-order chi connectivity index (χ1) is 8.78. The number of anilines is 1. The number of aromatic nitrogens is 1. The van der Waals surface area contributed by atoms with Gasteiger partial charge in [0.1, 0.15) is 12.2 Å². The van der Waals surface area contributed by atoms with Gasteiger partial charge < -0.3 is 15.2 Å². The number of aryl methyl sites for hydroxylation is 1. The maximum atomic E-state index is 12.5. The summed E-state index contributed by atoms with van der Waals surface area (Å²) in [6, 6.07) is 1.41. The fourth-order valence-electron chi connectivity index (χ4n) is 1.87. The fourth-order valence-corrected chi connectivity index (χ4v) is 1.87. The van der Waals surface area contributed by atoms with Gasteiger partial charge in [-0.1, -0.05) is 6.92 Å². The minimum Gasteiger partial charge on any atom is -0.397 e. The van der Waals surface area contributed by atoms with Crippen molar-refractivity contribution in [3.63, 3.8) is 0 Å². The summed E-state index contributed by atoms with van der Waals surface area (Å²) >= 11 is 0. The van der Waals surface area contributed by atoms with Crippen LogP contribution in [0.1, 0.15) is 30.8 Å². The number of nitrogens with zero attached hydrogens (tertiary/aromatic N) is 2. The first-order valence-electron chi connectivity index (χ1n) is 6.10. The largest absolute Gasteiger partial charge is 0.406 e. The number of carbonyl (C=O) groups excluding carboxylic acids is 1. The Morgan fingerprint density at radius 2 is 2.05 bits per heavy atom. The van der Waals surface area contributed by atoms with Crippen LogP contribution in [0.3, 0.4) is 0 Å². The molecular weight excluding hydrogens is 259 g/mol. The molecule has 0 saturated heterocycles. The Labute approximate surface area is 110 Å². The Hall–Kier alpha value is -1.66. The second-order valence-electron chi connectivity index (χ2n) is 4.29. The molecule has 4 nitrogen and oxygen atoms in total. The van der Waals surface area contributed by atoms with Crippen LogP contribution in [-0.4, -0.2) is 34.6 Å². The van der Waals surface area contributed by atoms with Crippen LogP contribution in [-0.2, 0) is 6.54 Å². The lowest BCUT2D eigenvalue weighted by molar-refractivity contribution is -0.140. The van der Waals surface area contributed by atoms with E-state index in [9.17, 15) is 18.0 Å². The molecular formula is C12H18F3N3O. The highest BCUT2D eigenvalue weighted by molar-refractivity contribution is 5.93. The van der Waals surface area contributed by atoms with E-state index in [1.165, 1.54) is 6.07 Å². The van der Waals surface area contributed by atoms with Crippen LogP contribution >= 0.6 is 0 Å². The van der Waals surface area contributed by atoms with Gasteiger partial charge in [0.05, 0.1) is 5.69 Å². The first-order valence-corrected chi connectivity index (χ1v) is 6.10. The van der Waals surface area contributed by atoms with Gasteiger partial charge in [0, 0.05) is 19.3 Å². The average molecular weight is 277 g/mol. The van der Waals surface area contributed by atoms with Crippen molar-refractivity contribution in [1.82, 2.24) is 9.47 Å². The minimum atomic E-state index is -4.40. The average Bonchev–Trinajstić information content (AvgIpc) is 2.67. The molecule has 0 bridgehead atoms. The lowest BCUT2D eigenvalue weighted by Gasteiger charge is -2.23. The molecule has 0 radical (unpaired) electrons. The summed E-state index contributed by atoms with van der Waals surface area (Å²) in [6.45, 7) is 2.82. The highest BCUT2D eigenvalue weighted by atomic mass is 19.4. The molecule has 0 aliphatic carbocycles. The quantitative estimate of drug-likeness (QED) is 0.899. The van der Waals surface area contributed by atoms with E-state index in [2.05, 4.69) is 0 Å². The van der Waals surface area contributed by atoms with Gasteiger partial charge in [-0.2, -0.15) is 13.2 Å². The highest BCUT2D eigenvalue weighted by Gasteiger charge is 2.33. The summed E-state index contributed by atoms with van der Waals surface area (Å²) in [4.78, 5) is 13.0. The molecule has 0 aliphatic rings. The van der Waals surface area contributed by atoms with Crippen LogP contribution < -0.4 is 5.73 Å². The van der Waals surface area contributed by atoms with Crippen molar-refractivity contribution in [3.05, 3.63) is 18.0 Å². The molecule has 1 aromatic heterocycles.